The lowest BCUT2D eigenvalue weighted by atomic mass is 10.1. The normalized spacial score (nSPS) is 12.7. The fourth-order valence-electron chi connectivity index (χ4n) is 2.65. The quantitative estimate of drug-likeness (QED) is 0.615. The summed E-state index contributed by atoms with van der Waals surface area (Å²) in [7, 11) is 0. The number of carbonyl (C=O) groups is 2. The third-order valence-electron chi connectivity index (χ3n) is 4.16. The van der Waals surface area contributed by atoms with Crippen molar-refractivity contribution in [1.82, 2.24) is 10.6 Å². The molecule has 2 amide bonds. The molecule has 8 heteroatoms. The number of amides is 2. The Morgan fingerprint density at radius 2 is 1.83 bits per heavy atom. The summed E-state index contributed by atoms with van der Waals surface area (Å²) in [6, 6.07) is 10.6. The summed E-state index contributed by atoms with van der Waals surface area (Å²) >= 11 is 1.54. The first-order valence-electron chi connectivity index (χ1n) is 9.12. The van der Waals surface area contributed by atoms with Gasteiger partial charge in [-0.2, -0.15) is 11.8 Å². The van der Waals surface area contributed by atoms with Crippen LogP contribution in [0.5, 0.6) is 5.75 Å². The molecule has 0 saturated heterocycles. The van der Waals surface area contributed by atoms with E-state index >= 15 is 0 Å². The first-order chi connectivity index (χ1) is 13.9. The van der Waals surface area contributed by atoms with E-state index < -0.39 is 35.5 Å². The van der Waals surface area contributed by atoms with E-state index in [1.54, 1.807) is 31.2 Å². The third-order valence-corrected chi connectivity index (χ3v) is 4.81. The number of ether oxygens (including phenoxy) is 1. The van der Waals surface area contributed by atoms with Gasteiger partial charge in [0.05, 0.1) is 6.04 Å². The number of thioether (sulfide) groups is 1. The minimum atomic E-state index is -0.791. The van der Waals surface area contributed by atoms with Gasteiger partial charge in [-0.25, -0.2) is 8.78 Å². The SMILES string of the molecule is CSCCC(NC(=O)COc1ccccc1)C(=O)NC(C)c1ccc(F)cc1F. The van der Waals surface area contributed by atoms with Crippen molar-refractivity contribution in [3.63, 3.8) is 0 Å². The van der Waals surface area contributed by atoms with Crippen LogP contribution in [-0.2, 0) is 9.59 Å². The average molecular weight is 422 g/mol. The number of hydrogen-bond donors (Lipinski definition) is 2. The highest BCUT2D eigenvalue weighted by Crippen LogP contribution is 2.18. The number of carbonyl (C=O) groups excluding carboxylic acids is 2. The molecule has 0 saturated carbocycles. The Hall–Kier alpha value is -2.61. The molecule has 0 spiro atoms. The maximum absolute atomic E-state index is 13.9. The molecule has 0 aromatic heterocycles. The summed E-state index contributed by atoms with van der Waals surface area (Å²) in [6.07, 6.45) is 2.30. The molecule has 5 nitrogen and oxygen atoms in total. The van der Waals surface area contributed by atoms with Crippen LogP contribution in [0.4, 0.5) is 8.78 Å². The number of para-hydroxylation sites is 1. The second-order valence-electron chi connectivity index (χ2n) is 6.40. The van der Waals surface area contributed by atoms with Crippen LogP contribution in [0, 0.1) is 11.6 Å². The first-order valence-corrected chi connectivity index (χ1v) is 10.5. The van der Waals surface area contributed by atoms with Crippen LogP contribution >= 0.6 is 11.8 Å². The topological polar surface area (TPSA) is 67.4 Å². The van der Waals surface area contributed by atoms with E-state index in [1.807, 2.05) is 12.3 Å². The molecule has 2 atom stereocenters. The maximum Gasteiger partial charge on any atom is 0.258 e. The number of benzene rings is 2. The van der Waals surface area contributed by atoms with Crippen LogP contribution in [0.15, 0.2) is 48.5 Å². The van der Waals surface area contributed by atoms with E-state index in [9.17, 15) is 18.4 Å². The molecule has 0 aliphatic heterocycles. The number of halogens is 2. The van der Waals surface area contributed by atoms with Crippen LogP contribution in [-0.4, -0.2) is 36.5 Å². The highest BCUT2D eigenvalue weighted by atomic mass is 32.2. The summed E-state index contributed by atoms with van der Waals surface area (Å²) in [4.78, 5) is 24.9. The molecule has 2 aromatic rings. The Morgan fingerprint density at radius 3 is 2.48 bits per heavy atom. The van der Waals surface area contributed by atoms with Gasteiger partial charge in [0.2, 0.25) is 5.91 Å². The molecule has 0 radical (unpaired) electrons. The molecular weight excluding hydrogens is 398 g/mol. The van der Waals surface area contributed by atoms with E-state index in [0.29, 0.717) is 17.9 Å². The summed E-state index contributed by atoms with van der Waals surface area (Å²) < 4.78 is 32.4. The van der Waals surface area contributed by atoms with Gasteiger partial charge in [0.25, 0.3) is 5.91 Å². The predicted molar refractivity (Wildman–Crippen MR) is 110 cm³/mol. The fourth-order valence-corrected chi connectivity index (χ4v) is 3.12. The van der Waals surface area contributed by atoms with Gasteiger partial charge in [-0.15, -0.1) is 0 Å². The van der Waals surface area contributed by atoms with Crippen molar-refractivity contribution >= 4 is 23.6 Å². The second kappa shape index (κ2) is 11.4. The van der Waals surface area contributed by atoms with Gasteiger partial charge in [0.15, 0.2) is 6.61 Å². The molecule has 2 unspecified atom stereocenters. The predicted octanol–water partition coefficient (Wildman–Crippen LogP) is 3.46. The van der Waals surface area contributed by atoms with E-state index in [0.717, 1.165) is 12.1 Å². The van der Waals surface area contributed by atoms with Crippen molar-refractivity contribution in [2.45, 2.75) is 25.4 Å². The lowest BCUT2D eigenvalue weighted by Gasteiger charge is -2.22. The monoisotopic (exact) mass is 422 g/mol. The molecule has 0 heterocycles. The molecule has 156 valence electrons. The van der Waals surface area contributed by atoms with Gasteiger partial charge in [-0.1, -0.05) is 24.3 Å². The van der Waals surface area contributed by atoms with Crippen LogP contribution in [0.3, 0.4) is 0 Å². The van der Waals surface area contributed by atoms with Gasteiger partial charge in [-0.05, 0) is 43.6 Å². The number of hydrogen-bond acceptors (Lipinski definition) is 4. The van der Waals surface area contributed by atoms with Crippen molar-refractivity contribution < 1.29 is 23.1 Å². The minimum Gasteiger partial charge on any atom is -0.484 e. The van der Waals surface area contributed by atoms with E-state index in [-0.39, 0.29) is 12.2 Å². The van der Waals surface area contributed by atoms with Crippen LogP contribution in [0.2, 0.25) is 0 Å². The average Bonchev–Trinajstić information content (AvgIpc) is 2.70. The number of rotatable bonds is 10. The number of nitrogens with one attached hydrogen (secondary N) is 2. The zero-order valence-electron chi connectivity index (χ0n) is 16.3. The lowest BCUT2D eigenvalue weighted by molar-refractivity contribution is -0.130. The van der Waals surface area contributed by atoms with Crippen molar-refractivity contribution in [3.05, 3.63) is 65.7 Å². The van der Waals surface area contributed by atoms with Crippen molar-refractivity contribution in [3.8, 4) is 5.75 Å². The Morgan fingerprint density at radius 1 is 1.10 bits per heavy atom. The van der Waals surface area contributed by atoms with Crippen molar-refractivity contribution in [1.29, 1.82) is 0 Å². The van der Waals surface area contributed by atoms with Crippen LogP contribution in [0.1, 0.15) is 24.9 Å². The summed E-state index contributed by atoms with van der Waals surface area (Å²) in [5.41, 5.74) is 0.169. The summed E-state index contributed by atoms with van der Waals surface area (Å²) in [6.45, 7) is 1.37. The van der Waals surface area contributed by atoms with Crippen LogP contribution < -0.4 is 15.4 Å². The molecule has 2 aromatic carbocycles. The molecule has 0 aliphatic rings. The molecule has 0 aliphatic carbocycles. The van der Waals surface area contributed by atoms with Gasteiger partial charge in [0.1, 0.15) is 23.4 Å². The van der Waals surface area contributed by atoms with Crippen molar-refractivity contribution in [2.75, 3.05) is 18.6 Å². The molecule has 2 N–H and O–H groups in total. The maximum atomic E-state index is 13.9. The molecule has 0 bridgehead atoms. The third kappa shape index (κ3) is 7.38. The Balaban J connectivity index is 1.96. The van der Waals surface area contributed by atoms with E-state index in [1.165, 1.54) is 17.8 Å². The zero-order valence-corrected chi connectivity index (χ0v) is 17.1. The smallest absolute Gasteiger partial charge is 0.258 e. The van der Waals surface area contributed by atoms with E-state index in [4.69, 9.17) is 4.74 Å². The Kier molecular flexibility index (Phi) is 8.92. The highest BCUT2D eigenvalue weighted by molar-refractivity contribution is 7.98. The largest absolute Gasteiger partial charge is 0.484 e. The van der Waals surface area contributed by atoms with Gasteiger partial charge >= 0.3 is 0 Å². The fraction of sp³-hybridized carbons (Fsp3) is 0.333. The molecule has 29 heavy (non-hydrogen) atoms. The molecular formula is C21H24F2N2O3S. The molecule has 0 fully saturated rings. The van der Waals surface area contributed by atoms with Gasteiger partial charge in [-0.3, -0.25) is 9.59 Å². The standard InChI is InChI=1S/C21H24F2N2O3S/c1-14(17-9-8-15(22)12-18(17)23)24-21(27)19(10-11-29-2)25-20(26)13-28-16-6-4-3-5-7-16/h3-9,12,14,19H,10-11,13H2,1-2H3,(H,24,27)(H,25,26). The minimum absolute atomic E-state index is 0.169. The Labute approximate surface area is 173 Å². The highest BCUT2D eigenvalue weighted by Gasteiger charge is 2.23. The zero-order chi connectivity index (χ0) is 21.2. The van der Waals surface area contributed by atoms with Crippen LogP contribution in [0.25, 0.3) is 0 Å². The Bertz CT molecular complexity index is 821. The summed E-state index contributed by atoms with van der Waals surface area (Å²) in [5.74, 6) is -1.10. The van der Waals surface area contributed by atoms with E-state index in [2.05, 4.69) is 10.6 Å². The molecule has 2 rings (SSSR count). The first kappa shape index (κ1) is 22.7. The lowest BCUT2D eigenvalue weighted by Crippen LogP contribution is -2.49. The summed E-state index contributed by atoms with van der Waals surface area (Å²) in [5, 5.41) is 5.34. The second-order valence-corrected chi connectivity index (χ2v) is 7.39. The van der Waals surface area contributed by atoms with Gasteiger partial charge in [0, 0.05) is 11.6 Å². The van der Waals surface area contributed by atoms with Crippen molar-refractivity contribution in [2.24, 2.45) is 0 Å². The van der Waals surface area contributed by atoms with Gasteiger partial charge < -0.3 is 15.4 Å².